The van der Waals surface area contributed by atoms with Crippen molar-refractivity contribution < 1.29 is 9.13 Å². The summed E-state index contributed by atoms with van der Waals surface area (Å²) in [5.41, 5.74) is 6.61. The maximum atomic E-state index is 13.4. The second kappa shape index (κ2) is 4.09. The second-order valence-electron chi connectivity index (χ2n) is 6.67. The molecule has 3 aliphatic carbocycles. The normalized spacial score (nSPS) is 39.2. The van der Waals surface area contributed by atoms with Crippen LogP contribution < -0.4 is 10.5 Å². The van der Waals surface area contributed by atoms with E-state index in [-0.39, 0.29) is 16.7 Å². The molecule has 0 aromatic heterocycles. The summed E-state index contributed by atoms with van der Waals surface area (Å²) in [5.74, 6) is 0.134. The van der Waals surface area contributed by atoms with Crippen LogP contribution in [0.25, 0.3) is 0 Å². The number of nitrogens with two attached hydrogens (primary N) is 1. The van der Waals surface area contributed by atoms with E-state index in [0.717, 1.165) is 38.8 Å². The smallest absolute Gasteiger partial charge is 0.145 e. The van der Waals surface area contributed by atoms with Crippen molar-refractivity contribution in [2.75, 3.05) is 13.1 Å². The number of rotatable bonds is 3. The van der Waals surface area contributed by atoms with Crippen molar-refractivity contribution in [1.29, 1.82) is 0 Å². The van der Waals surface area contributed by atoms with Crippen molar-refractivity contribution in [3.63, 3.8) is 0 Å². The molecule has 0 spiro atoms. The number of nitrogens with zero attached hydrogens (tertiary/aromatic N) is 1. The van der Waals surface area contributed by atoms with Crippen molar-refractivity contribution in [3.05, 3.63) is 29.0 Å². The Hall–Kier alpha value is -0.840. The first-order valence-corrected chi connectivity index (χ1v) is 7.52. The van der Waals surface area contributed by atoms with Gasteiger partial charge >= 0.3 is 0 Å². The van der Waals surface area contributed by atoms with E-state index >= 15 is 0 Å². The lowest BCUT2D eigenvalue weighted by molar-refractivity contribution is -0.155. The first-order chi connectivity index (χ1) is 9.48. The zero-order chi connectivity index (χ0) is 14.0. The van der Waals surface area contributed by atoms with Crippen LogP contribution in [0.4, 0.5) is 4.39 Å². The predicted octanol–water partition coefficient (Wildman–Crippen LogP) is 2.57. The van der Waals surface area contributed by atoms with Gasteiger partial charge in [0, 0.05) is 30.2 Å². The average Bonchev–Trinajstić information content (AvgIpc) is 2.77. The molecule has 5 heteroatoms. The van der Waals surface area contributed by atoms with Gasteiger partial charge in [-0.2, -0.15) is 0 Å². The lowest BCUT2D eigenvalue weighted by atomic mass is 9.44. The summed E-state index contributed by atoms with van der Waals surface area (Å²) in [7, 11) is 0. The summed E-state index contributed by atoms with van der Waals surface area (Å²) < 4.78 is 19.3. The van der Waals surface area contributed by atoms with E-state index in [1.807, 2.05) is 0 Å². The minimum atomic E-state index is -0.427. The molecule has 1 atom stereocenters. The molecule has 3 saturated carbocycles. The van der Waals surface area contributed by atoms with E-state index in [1.54, 1.807) is 6.07 Å². The lowest BCUT2D eigenvalue weighted by Crippen LogP contribution is -2.81. The van der Waals surface area contributed by atoms with E-state index in [2.05, 4.69) is 4.90 Å². The summed E-state index contributed by atoms with van der Waals surface area (Å²) >= 11 is 5.67. The Labute approximate surface area is 122 Å². The highest BCUT2D eigenvalue weighted by Gasteiger charge is 2.68. The van der Waals surface area contributed by atoms with Gasteiger partial charge in [-0.3, -0.25) is 4.90 Å². The first kappa shape index (κ1) is 12.9. The minimum absolute atomic E-state index is 0.132. The Morgan fingerprint density at radius 2 is 2.10 bits per heavy atom. The monoisotopic (exact) mass is 296 g/mol. The van der Waals surface area contributed by atoms with Crippen LogP contribution in [0.15, 0.2) is 18.2 Å². The molecule has 108 valence electrons. The Balaban J connectivity index is 1.38. The zero-order valence-corrected chi connectivity index (χ0v) is 12.0. The predicted molar refractivity (Wildman–Crippen MR) is 75.5 cm³/mol. The minimum Gasteiger partial charge on any atom is -0.489 e. The lowest BCUT2D eigenvalue weighted by Gasteiger charge is -2.72. The standard InChI is InChI=1S/C15H18ClFN2O/c16-12-2-1-10(5-13(12)17)20-11-3-4-19(6-11)15-7-14(18,8-15)9-15/h1-2,5,11H,3-4,6-9,18H2. The van der Waals surface area contributed by atoms with Crippen LogP contribution in [0.3, 0.4) is 0 Å². The molecule has 1 heterocycles. The van der Waals surface area contributed by atoms with E-state index in [9.17, 15) is 4.39 Å². The SMILES string of the molecule is NC12CC(N3CCC(Oc4ccc(Cl)c(F)c4)C3)(C1)C2. The Bertz CT molecular complexity index is 545. The van der Waals surface area contributed by atoms with E-state index in [4.69, 9.17) is 22.1 Å². The molecule has 1 unspecified atom stereocenters. The Morgan fingerprint density at radius 3 is 2.75 bits per heavy atom. The van der Waals surface area contributed by atoms with Gasteiger partial charge < -0.3 is 10.5 Å². The molecular formula is C15H18ClFN2O. The molecule has 4 aliphatic rings. The van der Waals surface area contributed by atoms with Crippen molar-refractivity contribution in [2.24, 2.45) is 5.73 Å². The maximum absolute atomic E-state index is 13.4. The van der Waals surface area contributed by atoms with Crippen LogP contribution in [0.5, 0.6) is 5.75 Å². The largest absolute Gasteiger partial charge is 0.489 e. The molecule has 3 nitrogen and oxygen atoms in total. The highest BCUT2D eigenvalue weighted by molar-refractivity contribution is 6.30. The first-order valence-electron chi connectivity index (χ1n) is 7.14. The fraction of sp³-hybridized carbons (Fsp3) is 0.600. The second-order valence-corrected chi connectivity index (χ2v) is 7.07. The summed E-state index contributed by atoms with van der Waals surface area (Å²) in [6.45, 7) is 1.97. The number of benzene rings is 1. The molecule has 0 radical (unpaired) electrons. The highest BCUT2D eigenvalue weighted by Crippen LogP contribution is 2.62. The average molecular weight is 297 g/mol. The highest BCUT2D eigenvalue weighted by atomic mass is 35.5. The number of ether oxygens (including phenoxy) is 1. The number of hydrogen-bond acceptors (Lipinski definition) is 3. The van der Waals surface area contributed by atoms with Crippen molar-refractivity contribution in [1.82, 2.24) is 4.90 Å². The topological polar surface area (TPSA) is 38.5 Å². The molecular weight excluding hydrogens is 279 g/mol. The van der Waals surface area contributed by atoms with Crippen LogP contribution in [-0.2, 0) is 0 Å². The Kier molecular flexibility index (Phi) is 2.63. The molecule has 1 aliphatic heterocycles. The fourth-order valence-corrected chi connectivity index (χ4v) is 4.26. The van der Waals surface area contributed by atoms with E-state index < -0.39 is 5.82 Å². The van der Waals surface area contributed by atoms with Gasteiger partial charge in [-0.05, 0) is 37.8 Å². The van der Waals surface area contributed by atoms with Crippen molar-refractivity contribution in [2.45, 2.75) is 42.9 Å². The summed E-state index contributed by atoms with van der Waals surface area (Å²) in [6, 6.07) is 4.63. The van der Waals surface area contributed by atoms with Crippen molar-refractivity contribution in [3.8, 4) is 5.75 Å². The van der Waals surface area contributed by atoms with Gasteiger partial charge in [0.2, 0.25) is 0 Å². The molecule has 1 aromatic carbocycles. The third kappa shape index (κ3) is 1.85. The zero-order valence-electron chi connectivity index (χ0n) is 11.2. The number of halogens is 2. The molecule has 0 amide bonds. The molecule has 2 bridgehead atoms. The summed E-state index contributed by atoms with van der Waals surface area (Å²) in [4.78, 5) is 2.51. The quantitative estimate of drug-likeness (QED) is 0.932. The maximum Gasteiger partial charge on any atom is 0.145 e. The van der Waals surface area contributed by atoms with E-state index in [0.29, 0.717) is 11.3 Å². The van der Waals surface area contributed by atoms with Crippen LogP contribution in [0.1, 0.15) is 25.7 Å². The number of hydrogen-bond donors (Lipinski definition) is 1. The number of likely N-dealkylation sites (tertiary alicyclic amines) is 1. The van der Waals surface area contributed by atoms with Crippen molar-refractivity contribution >= 4 is 11.6 Å². The van der Waals surface area contributed by atoms with Gasteiger partial charge in [-0.15, -0.1) is 0 Å². The van der Waals surface area contributed by atoms with Crippen LogP contribution in [0, 0.1) is 5.82 Å². The van der Waals surface area contributed by atoms with Gasteiger partial charge in [-0.1, -0.05) is 11.6 Å². The van der Waals surface area contributed by atoms with Gasteiger partial charge in [0.15, 0.2) is 0 Å². The Morgan fingerprint density at radius 1 is 1.35 bits per heavy atom. The molecule has 20 heavy (non-hydrogen) atoms. The summed E-state index contributed by atoms with van der Waals surface area (Å²) in [5, 5.41) is 0.132. The van der Waals surface area contributed by atoms with Crippen LogP contribution in [0.2, 0.25) is 5.02 Å². The summed E-state index contributed by atoms with van der Waals surface area (Å²) in [6.07, 6.45) is 4.51. The molecule has 5 rings (SSSR count). The van der Waals surface area contributed by atoms with Gasteiger partial charge in [-0.25, -0.2) is 4.39 Å². The molecule has 2 N–H and O–H groups in total. The van der Waals surface area contributed by atoms with Crippen LogP contribution in [-0.4, -0.2) is 35.2 Å². The molecule has 4 fully saturated rings. The molecule has 1 aromatic rings. The fourth-order valence-electron chi connectivity index (χ4n) is 4.14. The third-order valence-corrected chi connectivity index (χ3v) is 5.36. The van der Waals surface area contributed by atoms with Gasteiger partial charge in [0.1, 0.15) is 17.7 Å². The molecule has 1 saturated heterocycles. The third-order valence-electron chi connectivity index (χ3n) is 5.05. The van der Waals surface area contributed by atoms with Gasteiger partial charge in [0.05, 0.1) is 5.02 Å². The van der Waals surface area contributed by atoms with Crippen LogP contribution >= 0.6 is 11.6 Å². The van der Waals surface area contributed by atoms with E-state index in [1.165, 1.54) is 12.1 Å². The van der Waals surface area contributed by atoms with Gasteiger partial charge in [0.25, 0.3) is 0 Å².